The number of nitrogens with zero attached hydrogens (tertiary/aromatic N) is 1. The molecular formula is C15H23NO. The Hall–Kier alpha value is -0.860. The minimum absolute atomic E-state index is 0.0866. The van der Waals surface area contributed by atoms with E-state index in [4.69, 9.17) is 0 Å². The van der Waals surface area contributed by atoms with E-state index in [0.29, 0.717) is 0 Å². The van der Waals surface area contributed by atoms with Gasteiger partial charge in [-0.15, -0.1) is 0 Å². The lowest BCUT2D eigenvalue weighted by Crippen LogP contribution is -2.48. The van der Waals surface area contributed by atoms with Gasteiger partial charge in [-0.25, -0.2) is 0 Å². The number of piperidine rings is 1. The van der Waals surface area contributed by atoms with E-state index in [1.54, 1.807) is 0 Å². The lowest BCUT2D eigenvalue weighted by atomic mass is 9.80. The molecule has 2 nitrogen and oxygen atoms in total. The van der Waals surface area contributed by atoms with E-state index in [1.165, 1.54) is 5.56 Å². The van der Waals surface area contributed by atoms with Crippen molar-refractivity contribution in [1.82, 2.24) is 4.90 Å². The van der Waals surface area contributed by atoms with Crippen LogP contribution in [0, 0.1) is 5.41 Å². The number of rotatable bonds is 3. The van der Waals surface area contributed by atoms with Crippen molar-refractivity contribution < 1.29 is 5.11 Å². The molecule has 1 atom stereocenters. The molecule has 0 bridgehead atoms. The Balaban J connectivity index is 1.82. The van der Waals surface area contributed by atoms with Crippen LogP contribution < -0.4 is 0 Å². The summed E-state index contributed by atoms with van der Waals surface area (Å²) in [6.45, 7) is 7.30. The molecular weight excluding hydrogens is 210 g/mol. The van der Waals surface area contributed by atoms with Gasteiger partial charge < -0.3 is 10.0 Å². The van der Waals surface area contributed by atoms with Gasteiger partial charge in [-0.2, -0.15) is 0 Å². The fourth-order valence-corrected chi connectivity index (χ4v) is 2.33. The molecule has 0 spiro atoms. The van der Waals surface area contributed by atoms with Crippen molar-refractivity contribution >= 4 is 0 Å². The standard InChI is InChI=1S/C15H23NO/c1-15(2)9-11-16(12-14(15)17)10-8-13-6-4-3-5-7-13/h3-7,14,17H,8-12H2,1-2H3. The Labute approximate surface area is 104 Å². The second-order valence-corrected chi connectivity index (χ2v) is 5.79. The van der Waals surface area contributed by atoms with Crippen LogP contribution in [0.25, 0.3) is 0 Å². The van der Waals surface area contributed by atoms with Crippen LogP contribution in [0.15, 0.2) is 30.3 Å². The highest BCUT2D eigenvalue weighted by atomic mass is 16.3. The Bertz CT molecular complexity index is 347. The maximum atomic E-state index is 10.1. The molecule has 1 aliphatic heterocycles. The predicted molar refractivity (Wildman–Crippen MR) is 71.0 cm³/mol. The molecule has 1 aliphatic rings. The molecule has 1 fully saturated rings. The van der Waals surface area contributed by atoms with Gasteiger partial charge in [0.2, 0.25) is 0 Å². The molecule has 0 aromatic heterocycles. The molecule has 2 heteroatoms. The van der Waals surface area contributed by atoms with E-state index in [0.717, 1.165) is 32.5 Å². The van der Waals surface area contributed by atoms with E-state index >= 15 is 0 Å². The third kappa shape index (κ3) is 3.30. The van der Waals surface area contributed by atoms with Crippen molar-refractivity contribution in [3.8, 4) is 0 Å². The quantitative estimate of drug-likeness (QED) is 0.866. The molecule has 0 aliphatic carbocycles. The highest BCUT2D eigenvalue weighted by molar-refractivity contribution is 5.14. The Morgan fingerprint density at radius 1 is 1.29 bits per heavy atom. The van der Waals surface area contributed by atoms with E-state index in [9.17, 15) is 5.11 Å². The lowest BCUT2D eigenvalue weighted by molar-refractivity contribution is -0.0247. The molecule has 0 radical (unpaired) electrons. The Morgan fingerprint density at radius 2 is 2.00 bits per heavy atom. The van der Waals surface area contributed by atoms with Gasteiger partial charge in [0.25, 0.3) is 0 Å². The summed E-state index contributed by atoms with van der Waals surface area (Å²) in [4.78, 5) is 2.38. The zero-order chi connectivity index (χ0) is 12.3. The summed E-state index contributed by atoms with van der Waals surface area (Å²) in [5, 5.41) is 10.1. The molecule has 1 aromatic rings. The second kappa shape index (κ2) is 5.19. The molecule has 1 N–H and O–H groups in total. The average Bonchev–Trinajstić information content (AvgIpc) is 2.32. The van der Waals surface area contributed by atoms with Crippen molar-refractivity contribution in [2.45, 2.75) is 32.8 Å². The molecule has 1 saturated heterocycles. The molecule has 94 valence electrons. The average molecular weight is 233 g/mol. The number of aliphatic hydroxyl groups excluding tert-OH is 1. The molecule has 1 aromatic carbocycles. The Kier molecular flexibility index (Phi) is 3.85. The lowest BCUT2D eigenvalue weighted by Gasteiger charge is -2.41. The molecule has 0 saturated carbocycles. The van der Waals surface area contributed by atoms with E-state index in [-0.39, 0.29) is 11.5 Å². The first-order valence-electron chi connectivity index (χ1n) is 6.52. The fourth-order valence-electron chi connectivity index (χ4n) is 2.33. The summed E-state index contributed by atoms with van der Waals surface area (Å²) < 4.78 is 0. The van der Waals surface area contributed by atoms with Crippen LogP contribution in [-0.2, 0) is 6.42 Å². The zero-order valence-electron chi connectivity index (χ0n) is 10.9. The highest BCUT2D eigenvalue weighted by Crippen LogP contribution is 2.30. The van der Waals surface area contributed by atoms with Gasteiger partial charge in [-0.1, -0.05) is 44.2 Å². The summed E-state index contributed by atoms with van der Waals surface area (Å²) in [6, 6.07) is 10.6. The molecule has 1 heterocycles. The summed E-state index contributed by atoms with van der Waals surface area (Å²) in [6.07, 6.45) is 1.98. The summed E-state index contributed by atoms with van der Waals surface area (Å²) in [5.41, 5.74) is 1.47. The first-order chi connectivity index (χ1) is 8.08. The van der Waals surface area contributed by atoms with Crippen molar-refractivity contribution in [3.63, 3.8) is 0 Å². The van der Waals surface area contributed by atoms with Gasteiger partial charge in [0.1, 0.15) is 0 Å². The van der Waals surface area contributed by atoms with Crippen LogP contribution in [0.3, 0.4) is 0 Å². The largest absolute Gasteiger partial charge is 0.391 e. The number of hydrogen-bond acceptors (Lipinski definition) is 2. The molecule has 0 amide bonds. The monoisotopic (exact) mass is 233 g/mol. The number of β-amino-alcohol motifs (C(OH)–C–C–N with tert-alkyl or cyclic N) is 1. The van der Waals surface area contributed by atoms with Crippen molar-refractivity contribution in [3.05, 3.63) is 35.9 Å². The first-order valence-corrected chi connectivity index (χ1v) is 6.52. The highest BCUT2D eigenvalue weighted by Gasteiger charge is 2.33. The SMILES string of the molecule is CC1(C)CCN(CCc2ccccc2)CC1O. The minimum Gasteiger partial charge on any atom is -0.391 e. The Morgan fingerprint density at radius 3 is 2.65 bits per heavy atom. The van der Waals surface area contributed by atoms with Gasteiger partial charge in [0.15, 0.2) is 0 Å². The zero-order valence-corrected chi connectivity index (χ0v) is 10.9. The molecule has 1 unspecified atom stereocenters. The topological polar surface area (TPSA) is 23.5 Å². The van der Waals surface area contributed by atoms with Crippen molar-refractivity contribution in [2.24, 2.45) is 5.41 Å². The number of aliphatic hydroxyl groups is 1. The van der Waals surface area contributed by atoms with Crippen LogP contribution >= 0.6 is 0 Å². The molecule has 17 heavy (non-hydrogen) atoms. The van der Waals surface area contributed by atoms with Crippen LogP contribution in [0.5, 0.6) is 0 Å². The van der Waals surface area contributed by atoms with Crippen LogP contribution in [0.4, 0.5) is 0 Å². The van der Waals surface area contributed by atoms with E-state index in [1.807, 2.05) is 0 Å². The minimum atomic E-state index is -0.188. The van der Waals surface area contributed by atoms with Crippen LogP contribution in [0.2, 0.25) is 0 Å². The smallest absolute Gasteiger partial charge is 0.0718 e. The first kappa shape index (κ1) is 12.6. The maximum absolute atomic E-state index is 10.1. The third-order valence-electron chi connectivity index (χ3n) is 3.97. The summed E-state index contributed by atoms with van der Waals surface area (Å²) in [5.74, 6) is 0. The van der Waals surface area contributed by atoms with E-state index in [2.05, 4.69) is 49.1 Å². The van der Waals surface area contributed by atoms with Crippen molar-refractivity contribution in [2.75, 3.05) is 19.6 Å². The normalized spacial score (nSPS) is 24.8. The second-order valence-electron chi connectivity index (χ2n) is 5.79. The van der Waals surface area contributed by atoms with Gasteiger partial charge in [-0.3, -0.25) is 0 Å². The van der Waals surface area contributed by atoms with Crippen LogP contribution in [-0.4, -0.2) is 35.7 Å². The van der Waals surface area contributed by atoms with Crippen molar-refractivity contribution in [1.29, 1.82) is 0 Å². The van der Waals surface area contributed by atoms with Gasteiger partial charge >= 0.3 is 0 Å². The maximum Gasteiger partial charge on any atom is 0.0718 e. The third-order valence-corrected chi connectivity index (χ3v) is 3.97. The number of benzene rings is 1. The number of likely N-dealkylation sites (tertiary alicyclic amines) is 1. The number of hydrogen-bond donors (Lipinski definition) is 1. The van der Waals surface area contributed by atoms with Gasteiger partial charge in [-0.05, 0) is 30.4 Å². The van der Waals surface area contributed by atoms with Crippen LogP contribution in [0.1, 0.15) is 25.8 Å². The fraction of sp³-hybridized carbons (Fsp3) is 0.600. The van der Waals surface area contributed by atoms with E-state index < -0.39 is 0 Å². The molecule has 2 rings (SSSR count). The van der Waals surface area contributed by atoms with Gasteiger partial charge in [0, 0.05) is 13.1 Å². The van der Waals surface area contributed by atoms with Gasteiger partial charge in [0.05, 0.1) is 6.10 Å². The predicted octanol–water partition coefficient (Wildman–Crippen LogP) is 2.32. The summed E-state index contributed by atoms with van der Waals surface area (Å²) >= 11 is 0. The summed E-state index contributed by atoms with van der Waals surface area (Å²) in [7, 11) is 0.